The molecule has 31 heavy (non-hydrogen) atoms. The van der Waals surface area contributed by atoms with Crippen LogP contribution < -0.4 is 4.90 Å². The maximum absolute atomic E-state index is 13.4. The van der Waals surface area contributed by atoms with Crippen LogP contribution in [0.2, 0.25) is 0 Å². The van der Waals surface area contributed by atoms with E-state index < -0.39 is 9.84 Å². The van der Waals surface area contributed by atoms with Gasteiger partial charge in [-0.05, 0) is 50.3 Å². The number of halogens is 1. The summed E-state index contributed by atoms with van der Waals surface area (Å²) in [6, 6.07) is 12.3. The Balaban J connectivity index is 0.00000341. The maximum Gasteiger partial charge on any atom is 0.260 e. The minimum Gasteiger partial charge on any atom is -0.308 e. The molecule has 3 rings (SSSR count). The predicted molar refractivity (Wildman–Crippen MR) is 131 cm³/mol. The number of carbonyl (C=O) groups excluding carboxylic acids is 1. The third-order valence-electron chi connectivity index (χ3n) is 4.94. The predicted octanol–water partition coefficient (Wildman–Crippen LogP) is 4.28. The molecule has 168 valence electrons. The van der Waals surface area contributed by atoms with E-state index in [9.17, 15) is 13.2 Å². The normalized spacial score (nSPS) is 11.5. The van der Waals surface area contributed by atoms with E-state index in [1.54, 1.807) is 24.0 Å². The van der Waals surface area contributed by atoms with Crippen LogP contribution in [0.5, 0.6) is 0 Å². The highest BCUT2D eigenvalue weighted by atomic mass is 35.5. The fourth-order valence-corrected chi connectivity index (χ4v) is 5.09. The Bertz CT molecular complexity index is 1160. The van der Waals surface area contributed by atoms with Crippen molar-refractivity contribution in [2.45, 2.75) is 25.2 Å². The minimum atomic E-state index is -3.39. The Hall–Kier alpha value is -2.00. The Morgan fingerprint density at radius 1 is 1.06 bits per heavy atom. The van der Waals surface area contributed by atoms with Crippen molar-refractivity contribution < 1.29 is 13.2 Å². The summed E-state index contributed by atoms with van der Waals surface area (Å²) < 4.78 is 25.6. The lowest BCUT2D eigenvalue weighted by molar-refractivity contribution is 0.0985. The fraction of sp³-hybridized carbons (Fsp3) is 0.364. The third-order valence-corrected chi connectivity index (χ3v) is 7.72. The molecule has 0 saturated heterocycles. The summed E-state index contributed by atoms with van der Waals surface area (Å²) >= 11 is 1.48. The standard InChI is InChI=1S/C22H27N3O3S2.ClH/c1-5-16-9-8-12-19-20(16)23-22(29-19)25(14-13-24(3)4)21(26)17-10-7-11-18(15-17)30(27,28)6-2;/h7-12,15H,5-6,13-14H2,1-4H3;1H. The van der Waals surface area contributed by atoms with E-state index in [0.29, 0.717) is 23.8 Å². The number of thiazole rings is 1. The Kier molecular flexibility index (Phi) is 8.59. The molecule has 0 aliphatic rings. The molecule has 2 aromatic carbocycles. The van der Waals surface area contributed by atoms with E-state index in [4.69, 9.17) is 4.98 Å². The molecular weight excluding hydrogens is 454 g/mol. The average molecular weight is 482 g/mol. The minimum absolute atomic E-state index is 0. The van der Waals surface area contributed by atoms with E-state index in [1.165, 1.54) is 23.5 Å². The van der Waals surface area contributed by atoms with Gasteiger partial charge in [-0.25, -0.2) is 13.4 Å². The third kappa shape index (κ3) is 5.63. The second kappa shape index (κ2) is 10.5. The largest absolute Gasteiger partial charge is 0.308 e. The van der Waals surface area contributed by atoms with Crippen LogP contribution in [-0.4, -0.2) is 57.1 Å². The Labute approximate surface area is 194 Å². The molecule has 0 radical (unpaired) electrons. The second-order valence-electron chi connectivity index (χ2n) is 7.31. The molecule has 0 bridgehead atoms. The highest BCUT2D eigenvalue weighted by Gasteiger charge is 2.23. The molecule has 0 fully saturated rings. The summed E-state index contributed by atoms with van der Waals surface area (Å²) in [6.07, 6.45) is 0.864. The van der Waals surface area contributed by atoms with Gasteiger partial charge >= 0.3 is 0 Å². The number of likely N-dealkylation sites (N-methyl/N-ethyl adjacent to an activating group) is 1. The number of para-hydroxylation sites is 1. The molecule has 0 aliphatic carbocycles. The molecule has 0 N–H and O–H groups in total. The molecule has 0 spiro atoms. The van der Waals surface area contributed by atoms with Gasteiger partial charge in [-0.1, -0.05) is 43.4 Å². The first-order chi connectivity index (χ1) is 14.3. The van der Waals surface area contributed by atoms with Crippen molar-refractivity contribution in [1.82, 2.24) is 9.88 Å². The number of benzene rings is 2. The fourth-order valence-electron chi connectivity index (χ4n) is 3.12. The van der Waals surface area contributed by atoms with E-state index in [1.807, 2.05) is 31.1 Å². The average Bonchev–Trinajstić information content (AvgIpc) is 3.17. The van der Waals surface area contributed by atoms with Crippen molar-refractivity contribution in [2.24, 2.45) is 0 Å². The van der Waals surface area contributed by atoms with E-state index >= 15 is 0 Å². The van der Waals surface area contributed by atoms with Crippen LogP contribution >= 0.6 is 23.7 Å². The Morgan fingerprint density at radius 3 is 2.42 bits per heavy atom. The lowest BCUT2D eigenvalue weighted by Crippen LogP contribution is -2.36. The van der Waals surface area contributed by atoms with E-state index in [-0.39, 0.29) is 29.0 Å². The number of carbonyl (C=O) groups is 1. The second-order valence-corrected chi connectivity index (χ2v) is 10.6. The van der Waals surface area contributed by atoms with Gasteiger partial charge in [0.15, 0.2) is 15.0 Å². The molecule has 9 heteroatoms. The molecule has 1 heterocycles. The number of hydrogen-bond donors (Lipinski definition) is 0. The first kappa shape index (κ1) is 25.3. The van der Waals surface area contributed by atoms with Crippen LogP contribution in [0.4, 0.5) is 5.13 Å². The highest BCUT2D eigenvalue weighted by molar-refractivity contribution is 7.91. The molecule has 0 saturated carbocycles. The van der Waals surface area contributed by atoms with Crippen molar-refractivity contribution >= 4 is 54.8 Å². The molecule has 1 aromatic heterocycles. The summed E-state index contributed by atoms with van der Waals surface area (Å²) in [5, 5.41) is 0.626. The lowest BCUT2D eigenvalue weighted by Gasteiger charge is -2.22. The van der Waals surface area contributed by atoms with Gasteiger partial charge in [0.25, 0.3) is 5.91 Å². The summed E-state index contributed by atoms with van der Waals surface area (Å²) in [6.45, 7) is 4.80. The molecular formula is C22H28ClN3O3S2. The lowest BCUT2D eigenvalue weighted by atomic mass is 10.1. The van der Waals surface area contributed by atoms with Crippen LogP contribution in [0.15, 0.2) is 47.4 Å². The van der Waals surface area contributed by atoms with Gasteiger partial charge in [-0.3, -0.25) is 9.69 Å². The van der Waals surface area contributed by atoms with Crippen molar-refractivity contribution in [3.63, 3.8) is 0 Å². The Morgan fingerprint density at radius 2 is 1.77 bits per heavy atom. The van der Waals surface area contributed by atoms with Gasteiger partial charge in [0, 0.05) is 18.7 Å². The zero-order valence-corrected chi connectivity index (χ0v) is 20.6. The summed E-state index contributed by atoms with van der Waals surface area (Å²) in [5.41, 5.74) is 2.41. The van der Waals surface area contributed by atoms with Crippen LogP contribution in [0.3, 0.4) is 0 Å². The molecule has 0 aliphatic heterocycles. The first-order valence-corrected chi connectivity index (χ1v) is 12.4. The number of sulfone groups is 1. The van der Waals surface area contributed by atoms with Gasteiger partial charge in [0.2, 0.25) is 0 Å². The molecule has 0 atom stereocenters. The topological polar surface area (TPSA) is 70.6 Å². The summed E-state index contributed by atoms with van der Waals surface area (Å²) in [4.78, 5) is 22.0. The zero-order chi connectivity index (χ0) is 21.9. The van der Waals surface area contributed by atoms with Gasteiger partial charge < -0.3 is 4.90 Å². The molecule has 0 unspecified atom stereocenters. The summed E-state index contributed by atoms with van der Waals surface area (Å²) in [5.74, 6) is -0.255. The van der Waals surface area contributed by atoms with Crippen molar-refractivity contribution in [1.29, 1.82) is 0 Å². The van der Waals surface area contributed by atoms with Crippen LogP contribution in [0.25, 0.3) is 10.2 Å². The van der Waals surface area contributed by atoms with Crippen LogP contribution in [0.1, 0.15) is 29.8 Å². The number of nitrogens with zero attached hydrogens (tertiary/aromatic N) is 3. The molecule has 3 aromatic rings. The van der Waals surface area contributed by atoms with Gasteiger partial charge in [0.05, 0.1) is 20.9 Å². The van der Waals surface area contributed by atoms with Gasteiger partial charge in [-0.15, -0.1) is 12.4 Å². The number of fused-ring (bicyclic) bond motifs is 1. The van der Waals surface area contributed by atoms with E-state index in [2.05, 4.69) is 13.0 Å². The smallest absolute Gasteiger partial charge is 0.260 e. The van der Waals surface area contributed by atoms with E-state index in [0.717, 1.165) is 22.2 Å². The SMILES string of the molecule is CCc1cccc2sc(N(CCN(C)C)C(=O)c3cccc(S(=O)(=O)CC)c3)nc12.Cl. The first-order valence-electron chi connectivity index (χ1n) is 9.94. The number of anilines is 1. The molecule has 6 nitrogen and oxygen atoms in total. The maximum atomic E-state index is 13.4. The van der Waals surface area contributed by atoms with Gasteiger partial charge in [0.1, 0.15) is 0 Å². The number of aromatic nitrogens is 1. The number of aryl methyl sites for hydroxylation is 1. The highest BCUT2D eigenvalue weighted by Crippen LogP contribution is 2.32. The van der Waals surface area contributed by atoms with Crippen molar-refractivity contribution in [2.75, 3.05) is 37.8 Å². The number of hydrogen-bond acceptors (Lipinski definition) is 6. The van der Waals surface area contributed by atoms with Crippen LogP contribution in [0, 0.1) is 0 Å². The monoisotopic (exact) mass is 481 g/mol. The van der Waals surface area contributed by atoms with Gasteiger partial charge in [-0.2, -0.15) is 0 Å². The number of amides is 1. The van der Waals surface area contributed by atoms with Crippen LogP contribution in [-0.2, 0) is 16.3 Å². The number of rotatable bonds is 8. The van der Waals surface area contributed by atoms with Crippen molar-refractivity contribution in [3.8, 4) is 0 Å². The quantitative estimate of drug-likeness (QED) is 0.480. The molecule has 1 amide bonds. The summed E-state index contributed by atoms with van der Waals surface area (Å²) in [7, 11) is 0.506. The van der Waals surface area contributed by atoms with Crippen molar-refractivity contribution in [3.05, 3.63) is 53.6 Å². The zero-order valence-electron chi connectivity index (χ0n) is 18.2.